The van der Waals surface area contributed by atoms with Crippen molar-refractivity contribution in [3.05, 3.63) is 35.5 Å². The summed E-state index contributed by atoms with van der Waals surface area (Å²) in [5, 5.41) is 1.16. The minimum Gasteiger partial charge on any atom is -0.449 e. The highest BCUT2D eigenvalue weighted by atomic mass is 35.5. The summed E-state index contributed by atoms with van der Waals surface area (Å²) in [5.74, 6) is 1.87. The number of nitrogens with two attached hydrogens (primary N) is 1. The van der Waals surface area contributed by atoms with Gasteiger partial charge in [0.2, 0.25) is 0 Å². The second kappa shape index (κ2) is 4.55. The Labute approximate surface area is 95.9 Å². The van der Waals surface area contributed by atoms with Gasteiger partial charge in [0.25, 0.3) is 0 Å². The molecule has 2 heterocycles. The minimum atomic E-state index is 0.393. The Balaban J connectivity index is 1.99. The summed E-state index contributed by atoms with van der Waals surface area (Å²) in [5.41, 5.74) is 5.50. The van der Waals surface area contributed by atoms with Crippen LogP contribution in [-0.2, 0) is 5.75 Å². The average molecular weight is 242 g/mol. The molecule has 2 aromatic rings. The summed E-state index contributed by atoms with van der Waals surface area (Å²) >= 11 is 7.14. The molecular formula is C9H8ClN3OS. The van der Waals surface area contributed by atoms with E-state index in [4.69, 9.17) is 21.8 Å². The third-order valence-corrected chi connectivity index (χ3v) is 2.75. The number of halogens is 1. The largest absolute Gasteiger partial charge is 0.449 e. The standard InChI is InChI=1S/C9H8ClN3OS/c10-7-2-1-6(14-7)5-15-9-4-12-3-8(11)13-9/h1-4H,5H2,(H2,11,13). The number of aromatic nitrogens is 2. The summed E-state index contributed by atoms with van der Waals surface area (Å²) in [6.07, 6.45) is 3.17. The van der Waals surface area contributed by atoms with E-state index in [9.17, 15) is 0 Å². The molecule has 0 spiro atoms. The van der Waals surface area contributed by atoms with Crippen molar-refractivity contribution in [2.75, 3.05) is 5.73 Å². The molecule has 6 heteroatoms. The van der Waals surface area contributed by atoms with Crippen molar-refractivity contribution in [2.24, 2.45) is 0 Å². The van der Waals surface area contributed by atoms with E-state index in [1.165, 1.54) is 18.0 Å². The van der Waals surface area contributed by atoms with Crippen LogP contribution in [0.5, 0.6) is 0 Å². The van der Waals surface area contributed by atoms with Gasteiger partial charge < -0.3 is 10.2 Å². The molecule has 0 saturated heterocycles. The SMILES string of the molecule is Nc1cncc(SCc2ccc(Cl)o2)n1. The molecule has 0 bridgehead atoms. The van der Waals surface area contributed by atoms with E-state index in [0.717, 1.165) is 10.8 Å². The topological polar surface area (TPSA) is 64.9 Å². The number of hydrogen-bond acceptors (Lipinski definition) is 5. The van der Waals surface area contributed by atoms with Gasteiger partial charge in [-0.1, -0.05) is 11.8 Å². The zero-order valence-electron chi connectivity index (χ0n) is 7.68. The van der Waals surface area contributed by atoms with Crippen LogP contribution in [0.2, 0.25) is 5.22 Å². The molecule has 0 saturated carbocycles. The summed E-state index contributed by atoms with van der Waals surface area (Å²) < 4.78 is 5.20. The van der Waals surface area contributed by atoms with Crippen molar-refractivity contribution in [3.63, 3.8) is 0 Å². The van der Waals surface area contributed by atoms with E-state index in [-0.39, 0.29) is 0 Å². The molecule has 2 rings (SSSR count). The normalized spacial score (nSPS) is 10.5. The molecule has 0 aliphatic carbocycles. The number of nitrogen functional groups attached to an aromatic ring is 1. The lowest BCUT2D eigenvalue weighted by Gasteiger charge is -1.98. The number of thioether (sulfide) groups is 1. The van der Waals surface area contributed by atoms with Crippen molar-refractivity contribution in [3.8, 4) is 0 Å². The van der Waals surface area contributed by atoms with Gasteiger partial charge in [0.05, 0.1) is 18.1 Å². The fraction of sp³-hybridized carbons (Fsp3) is 0.111. The Kier molecular flexibility index (Phi) is 3.13. The van der Waals surface area contributed by atoms with Crippen LogP contribution in [0, 0.1) is 0 Å². The molecule has 0 unspecified atom stereocenters. The van der Waals surface area contributed by atoms with Gasteiger partial charge in [0.1, 0.15) is 16.6 Å². The molecular weight excluding hydrogens is 234 g/mol. The minimum absolute atomic E-state index is 0.393. The average Bonchev–Trinajstić information content (AvgIpc) is 2.62. The van der Waals surface area contributed by atoms with Crippen LogP contribution in [0.3, 0.4) is 0 Å². The molecule has 4 nitrogen and oxygen atoms in total. The van der Waals surface area contributed by atoms with Gasteiger partial charge in [0.15, 0.2) is 5.22 Å². The molecule has 2 N–H and O–H groups in total. The van der Waals surface area contributed by atoms with E-state index < -0.39 is 0 Å². The van der Waals surface area contributed by atoms with E-state index in [2.05, 4.69) is 9.97 Å². The Bertz CT molecular complexity index is 460. The van der Waals surface area contributed by atoms with Crippen molar-refractivity contribution in [2.45, 2.75) is 10.8 Å². The fourth-order valence-corrected chi connectivity index (χ4v) is 1.92. The molecule has 15 heavy (non-hydrogen) atoms. The van der Waals surface area contributed by atoms with Crippen molar-refractivity contribution in [1.82, 2.24) is 9.97 Å². The van der Waals surface area contributed by atoms with Gasteiger partial charge in [-0.05, 0) is 23.7 Å². The van der Waals surface area contributed by atoms with Crippen molar-refractivity contribution < 1.29 is 4.42 Å². The van der Waals surface area contributed by atoms with E-state index in [1.807, 2.05) is 6.07 Å². The molecule has 0 atom stereocenters. The lowest BCUT2D eigenvalue weighted by Crippen LogP contribution is -1.92. The van der Waals surface area contributed by atoms with Gasteiger partial charge in [0, 0.05) is 0 Å². The van der Waals surface area contributed by atoms with Gasteiger partial charge in [-0.3, -0.25) is 4.98 Å². The number of hydrogen-bond donors (Lipinski definition) is 1. The zero-order valence-corrected chi connectivity index (χ0v) is 9.26. The van der Waals surface area contributed by atoms with Crippen LogP contribution in [0.25, 0.3) is 0 Å². The number of nitrogens with zero attached hydrogens (tertiary/aromatic N) is 2. The maximum Gasteiger partial charge on any atom is 0.193 e. The molecule has 0 amide bonds. The quantitative estimate of drug-likeness (QED) is 0.837. The first-order valence-corrected chi connectivity index (χ1v) is 5.55. The van der Waals surface area contributed by atoms with Crippen LogP contribution >= 0.6 is 23.4 Å². The summed E-state index contributed by atoms with van der Waals surface area (Å²) in [4.78, 5) is 8.04. The highest BCUT2D eigenvalue weighted by Gasteiger charge is 2.02. The number of rotatable bonds is 3. The van der Waals surface area contributed by atoms with E-state index >= 15 is 0 Å². The van der Waals surface area contributed by atoms with Crippen molar-refractivity contribution in [1.29, 1.82) is 0 Å². The summed E-state index contributed by atoms with van der Waals surface area (Å²) in [7, 11) is 0. The smallest absolute Gasteiger partial charge is 0.193 e. The zero-order chi connectivity index (χ0) is 10.7. The lowest BCUT2D eigenvalue weighted by molar-refractivity contribution is 0.532. The predicted octanol–water partition coefficient (Wildman–Crippen LogP) is 2.60. The van der Waals surface area contributed by atoms with Gasteiger partial charge in [-0.25, -0.2) is 4.98 Å². The highest BCUT2D eigenvalue weighted by molar-refractivity contribution is 7.98. The van der Waals surface area contributed by atoms with Gasteiger partial charge in [-0.2, -0.15) is 0 Å². The fourth-order valence-electron chi connectivity index (χ4n) is 1.01. The Morgan fingerprint density at radius 3 is 2.93 bits per heavy atom. The van der Waals surface area contributed by atoms with Crippen LogP contribution in [0.4, 0.5) is 5.82 Å². The van der Waals surface area contributed by atoms with Crippen LogP contribution in [0.1, 0.15) is 5.76 Å². The molecule has 0 aromatic carbocycles. The Morgan fingerprint density at radius 1 is 1.40 bits per heavy atom. The monoisotopic (exact) mass is 241 g/mol. The molecule has 0 radical (unpaired) electrons. The van der Waals surface area contributed by atoms with Crippen LogP contribution in [-0.4, -0.2) is 9.97 Å². The summed E-state index contributed by atoms with van der Waals surface area (Å²) in [6, 6.07) is 3.54. The van der Waals surface area contributed by atoms with Gasteiger partial charge >= 0.3 is 0 Å². The highest BCUT2D eigenvalue weighted by Crippen LogP contribution is 2.23. The molecule has 0 fully saturated rings. The molecule has 0 aliphatic heterocycles. The first-order chi connectivity index (χ1) is 7.24. The Hall–Kier alpha value is -1.20. The number of furan rings is 1. The van der Waals surface area contributed by atoms with Gasteiger partial charge in [-0.15, -0.1) is 0 Å². The van der Waals surface area contributed by atoms with Crippen LogP contribution in [0.15, 0.2) is 34.0 Å². The molecule has 2 aromatic heterocycles. The maximum absolute atomic E-state index is 5.64. The second-order valence-electron chi connectivity index (χ2n) is 2.78. The third-order valence-electron chi connectivity index (χ3n) is 1.62. The predicted molar refractivity (Wildman–Crippen MR) is 59.7 cm³/mol. The number of anilines is 1. The first-order valence-electron chi connectivity index (χ1n) is 4.18. The third kappa shape index (κ3) is 2.87. The molecule has 0 aliphatic rings. The first kappa shape index (κ1) is 10.3. The second-order valence-corrected chi connectivity index (χ2v) is 4.14. The molecule has 78 valence electrons. The van der Waals surface area contributed by atoms with Crippen molar-refractivity contribution >= 4 is 29.2 Å². The maximum atomic E-state index is 5.64. The van der Waals surface area contributed by atoms with E-state index in [1.54, 1.807) is 12.3 Å². The summed E-state index contributed by atoms with van der Waals surface area (Å²) in [6.45, 7) is 0. The van der Waals surface area contributed by atoms with Crippen LogP contribution < -0.4 is 5.73 Å². The Morgan fingerprint density at radius 2 is 2.27 bits per heavy atom. The lowest BCUT2D eigenvalue weighted by atomic mass is 10.5. The van der Waals surface area contributed by atoms with E-state index in [0.29, 0.717) is 16.8 Å².